The molecular weight excluding hydrogens is 266 g/mol. The maximum Gasteiger partial charge on any atom is 0.175 e. The van der Waals surface area contributed by atoms with Gasteiger partial charge < -0.3 is 0 Å². The zero-order valence-corrected chi connectivity index (χ0v) is 11.7. The highest BCUT2D eigenvalue weighted by Crippen LogP contribution is 2.26. The number of allylic oxidation sites excluding steroid dienone is 1. The first-order valence-corrected chi connectivity index (χ1v) is 6.82. The van der Waals surface area contributed by atoms with Crippen molar-refractivity contribution in [3.63, 3.8) is 0 Å². The Morgan fingerprint density at radius 2 is 1.76 bits per heavy atom. The van der Waals surface area contributed by atoms with Gasteiger partial charge in [0, 0.05) is 5.56 Å². The van der Waals surface area contributed by atoms with Gasteiger partial charge in [-0.2, -0.15) is 0 Å². The van der Waals surface area contributed by atoms with Gasteiger partial charge in [-0.25, -0.2) is 8.78 Å². The van der Waals surface area contributed by atoms with Gasteiger partial charge in [-0.15, -0.1) is 13.0 Å². The van der Waals surface area contributed by atoms with Crippen LogP contribution < -0.4 is 0 Å². The number of rotatable bonds is 5. The van der Waals surface area contributed by atoms with E-state index in [0.717, 1.165) is 19.3 Å². The molecule has 21 heavy (non-hydrogen) atoms. The summed E-state index contributed by atoms with van der Waals surface area (Å²) in [7, 11) is 0. The van der Waals surface area contributed by atoms with Crippen molar-refractivity contribution in [1.29, 1.82) is 0 Å². The Morgan fingerprint density at radius 3 is 2.38 bits per heavy atom. The van der Waals surface area contributed by atoms with Gasteiger partial charge in [0.15, 0.2) is 11.6 Å². The van der Waals surface area contributed by atoms with E-state index in [9.17, 15) is 8.78 Å². The largest absolute Gasteiger partial charge is 0.203 e. The lowest BCUT2D eigenvalue weighted by atomic mass is 10.00. The second kappa shape index (κ2) is 6.85. The Kier molecular flexibility index (Phi) is 4.90. The minimum atomic E-state index is -0.968. The maximum absolute atomic E-state index is 14.0. The predicted octanol–water partition coefficient (Wildman–Crippen LogP) is 5.12. The molecule has 2 aromatic carbocycles. The number of halogens is 2. The fourth-order valence-corrected chi connectivity index (χ4v) is 2.19. The summed E-state index contributed by atoms with van der Waals surface area (Å²) in [5, 5.41) is 0. The Morgan fingerprint density at radius 1 is 1.05 bits per heavy atom. The molecule has 0 nitrogen and oxygen atoms in total. The van der Waals surface area contributed by atoms with Crippen LogP contribution in [-0.2, 0) is 6.42 Å². The fraction of sp³-hybridized carbons (Fsp3) is 0.158. The number of hydrogen-bond donors (Lipinski definition) is 0. The SMILES string of the molecule is C#Cc1ccc(-c2ccc(CCCC=C)cc2)c(F)c1F. The topological polar surface area (TPSA) is 0 Å². The Bertz CT molecular complexity index is 676. The molecule has 2 heteroatoms. The third-order valence-electron chi connectivity index (χ3n) is 3.38. The molecule has 0 spiro atoms. The summed E-state index contributed by atoms with van der Waals surface area (Å²) in [5.41, 5.74) is 1.98. The molecule has 0 heterocycles. The first-order chi connectivity index (χ1) is 10.2. The third kappa shape index (κ3) is 3.38. The van der Waals surface area contributed by atoms with Gasteiger partial charge in [-0.05, 0) is 42.5 Å². The van der Waals surface area contributed by atoms with Gasteiger partial charge in [-0.1, -0.05) is 36.3 Å². The lowest BCUT2D eigenvalue weighted by Gasteiger charge is -2.07. The molecule has 0 aromatic heterocycles. The van der Waals surface area contributed by atoms with Crippen LogP contribution in [0.4, 0.5) is 8.78 Å². The van der Waals surface area contributed by atoms with Crippen LogP contribution in [0.2, 0.25) is 0 Å². The Labute approximate surface area is 124 Å². The van der Waals surface area contributed by atoms with Gasteiger partial charge >= 0.3 is 0 Å². The first kappa shape index (κ1) is 15.0. The third-order valence-corrected chi connectivity index (χ3v) is 3.38. The van der Waals surface area contributed by atoms with E-state index >= 15 is 0 Å². The smallest absolute Gasteiger partial charge is 0.175 e. The molecule has 2 aromatic rings. The van der Waals surface area contributed by atoms with Crippen molar-refractivity contribution in [3.8, 4) is 23.5 Å². The lowest BCUT2D eigenvalue weighted by molar-refractivity contribution is 0.509. The van der Waals surface area contributed by atoms with E-state index in [1.54, 1.807) is 12.1 Å². The second-order valence-corrected chi connectivity index (χ2v) is 4.81. The van der Waals surface area contributed by atoms with E-state index < -0.39 is 11.6 Å². The number of aryl methyl sites for hydroxylation is 1. The normalized spacial score (nSPS) is 10.1. The number of hydrogen-bond acceptors (Lipinski definition) is 0. The molecule has 0 amide bonds. The van der Waals surface area contributed by atoms with Crippen LogP contribution in [0, 0.1) is 24.0 Å². The van der Waals surface area contributed by atoms with Crippen molar-refractivity contribution < 1.29 is 8.78 Å². The first-order valence-electron chi connectivity index (χ1n) is 6.82. The van der Waals surface area contributed by atoms with Crippen LogP contribution in [0.5, 0.6) is 0 Å². The second-order valence-electron chi connectivity index (χ2n) is 4.81. The molecule has 0 fully saturated rings. The van der Waals surface area contributed by atoms with Crippen LogP contribution in [0.1, 0.15) is 24.0 Å². The van der Waals surface area contributed by atoms with Crippen molar-refractivity contribution in [1.82, 2.24) is 0 Å². The highest BCUT2D eigenvalue weighted by atomic mass is 19.2. The van der Waals surface area contributed by atoms with E-state index in [-0.39, 0.29) is 11.1 Å². The lowest BCUT2D eigenvalue weighted by Crippen LogP contribution is -1.94. The summed E-state index contributed by atoms with van der Waals surface area (Å²) in [4.78, 5) is 0. The molecule has 0 atom stereocenters. The molecule has 106 valence electrons. The molecule has 0 N–H and O–H groups in total. The summed E-state index contributed by atoms with van der Waals surface area (Å²) in [6.45, 7) is 3.69. The molecule has 0 aliphatic heterocycles. The maximum atomic E-state index is 14.0. The minimum Gasteiger partial charge on any atom is -0.203 e. The Balaban J connectivity index is 2.25. The van der Waals surface area contributed by atoms with E-state index in [4.69, 9.17) is 6.42 Å². The van der Waals surface area contributed by atoms with Gasteiger partial charge in [0.25, 0.3) is 0 Å². The number of terminal acetylenes is 1. The zero-order valence-electron chi connectivity index (χ0n) is 11.7. The fourth-order valence-electron chi connectivity index (χ4n) is 2.19. The van der Waals surface area contributed by atoms with Crippen molar-refractivity contribution in [2.45, 2.75) is 19.3 Å². The van der Waals surface area contributed by atoms with Gasteiger partial charge in [0.1, 0.15) is 0 Å². The molecule has 0 radical (unpaired) electrons. The predicted molar refractivity (Wildman–Crippen MR) is 82.9 cm³/mol. The van der Waals surface area contributed by atoms with Gasteiger partial charge in [0.2, 0.25) is 0 Å². The molecule has 0 aliphatic rings. The van der Waals surface area contributed by atoms with Crippen LogP contribution in [0.15, 0.2) is 49.1 Å². The van der Waals surface area contributed by atoms with Crippen molar-refractivity contribution >= 4 is 0 Å². The quantitative estimate of drug-likeness (QED) is 0.405. The molecule has 0 aliphatic carbocycles. The highest BCUT2D eigenvalue weighted by Gasteiger charge is 2.13. The molecule has 0 bridgehead atoms. The highest BCUT2D eigenvalue weighted by molar-refractivity contribution is 5.65. The van der Waals surface area contributed by atoms with Crippen LogP contribution in [-0.4, -0.2) is 0 Å². The Hall–Kier alpha value is -2.40. The summed E-state index contributed by atoms with van der Waals surface area (Å²) < 4.78 is 27.7. The number of unbranched alkanes of at least 4 members (excludes halogenated alkanes) is 1. The number of benzene rings is 2. The summed E-state index contributed by atoms with van der Waals surface area (Å²) in [6.07, 6.45) is 9.95. The van der Waals surface area contributed by atoms with Crippen molar-refractivity contribution in [2.75, 3.05) is 0 Å². The molecule has 2 rings (SSSR count). The standard InChI is InChI=1S/C19H16F2/c1-3-5-6-7-14-8-10-16(11-9-14)17-13-12-15(4-2)18(20)19(17)21/h2-3,8-13H,1,5-7H2. The van der Waals surface area contributed by atoms with Crippen molar-refractivity contribution in [2.24, 2.45) is 0 Å². The zero-order chi connectivity index (χ0) is 15.2. The average Bonchev–Trinajstić information content (AvgIpc) is 2.51. The molecule has 0 saturated carbocycles. The van der Waals surface area contributed by atoms with E-state index in [0.29, 0.717) is 5.56 Å². The van der Waals surface area contributed by atoms with E-state index in [1.165, 1.54) is 17.7 Å². The monoisotopic (exact) mass is 282 g/mol. The van der Waals surface area contributed by atoms with E-state index in [1.807, 2.05) is 18.2 Å². The van der Waals surface area contributed by atoms with Crippen LogP contribution >= 0.6 is 0 Å². The molecular formula is C19H16F2. The van der Waals surface area contributed by atoms with Crippen LogP contribution in [0.25, 0.3) is 11.1 Å². The minimum absolute atomic E-state index is 0.0581. The van der Waals surface area contributed by atoms with Crippen molar-refractivity contribution in [3.05, 3.63) is 71.8 Å². The van der Waals surface area contributed by atoms with Gasteiger partial charge in [0.05, 0.1) is 5.56 Å². The summed E-state index contributed by atoms with van der Waals surface area (Å²) in [6, 6.07) is 10.4. The summed E-state index contributed by atoms with van der Waals surface area (Å²) >= 11 is 0. The average molecular weight is 282 g/mol. The van der Waals surface area contributed by atoms with E-state index in [2.05, 4.69) is 12.5 Å². The summed E-state index contributed by atoms with van der Waals surface area (Å²) in [5.74, 6) is 0.264. The van der Waals surface area contributed by atoms with Gasteiger partial charge in [-0.3, -0.25) is 0 Å². The van der Waals surface area contributed by atoms with Crippen LogP contribution in [0.3, 0.4) is 0 Å². The molecule has 0 saturated heterocycles. The molecule has 0 unspecified atom stereocenters.